The monoisotopic (exact) mass is 377 g/mol. The van der Waals surface area contributed by atoms with Crippen molar-refractivity contribution in [2.24, 2.45) is 5.41 Å². The summed E-state index contributed by atoms with van der Waals surface area (Å²) < 4.78 is 11.5. The molecular weight excluding hydrogens is 346 g/mol. The minimum Gasteiger partial charge on any atom is -0.491 e. The number of nitrogens with zero attached hydrogens (tertiary/aromatic N) is 1. The largest absolute Gasteiger partial charge is 0.491 e. The van der Waals surface area contributed by atoms with Crippen molar-refractivity contribution < 1.29 is 24.5 Å². The molecule has 2 N–H and O–H groups in total. The first-order valence-electron chi connectivity index (χ1n) is 9.93. The van der Waals surface area contributed by atoms with E-state index in [0.717, 1.165) is 37.0 Å². The summed E-state index contributed by atoms with van der Waals surface area (Å²) in [5.74, 6) is 0.958. The van der Waals surface area contributed by atoms with Crippen molar-refractivity contribution >= 4 is 5.91 Å². The molecule has 2 aliphatic rings. The van der Waals surface area contributed by atoms with Crippen LogP contribution >= 0.6 is 0 Å². The number of ether oxygens (including phenoxy) is 2. The van der Waals surface area contributed by atoms with Crippen LogP contribution in [0, 0.1) is 5.41 Å². The molecule has 6 heteroatoms. The Kier molecular flexibility index (Phi) is 6.73. The number of hydrogen-bond acceptors (Lipinski definition) is 5. The van der Waals surface area contributed by atoms with Gasteiger partial charge in [-0.2, -0.15) is 0 Å². The Hall–Kier alpha value is -1.63. The Morgan fingerprint density at radius 3 is 2.70 bits per heavy atom. The first kappa shape index (κ1) is 20.1. The maximum atomic E-state index is 12.8. The molecule has 0 aromatic heterocycles. The molecule has 1 aliphatic carbocycles. The second kappa shape index (κ2) is 9.04. The van der Waals surface area contributed by atoms with Crippen molar-refractivity contribution in [3.8, 4) is 5.75 Å². The van der Waals surface area contributed by atoms with Gasteiger partial charge >= 0.3 is 0 Å². The standard InChI is InChI=1S/C21H31NO5/c1-21(9-10-21)20(25)22-11-8-17(23)18(24)15-26-13-4-6-16-5-2-3-7-19(16)27-14-12-22/h2-3,5,7,17-18,23-24H,4,6,8-15H2,1H3/t17-,18+/m0/s1. The van der Waals surface area contributed by atoms with Crippen LogP contribution in [0.25, 0.3) is 0 Å². The fourth-order valence-electron chi connectivity index (χ4n) is 3.38. The number of hydrogen-bond donors (Lipinski definition) is 2. The maximum absolute atomic E-state index is 12.8. The Morgan fingerprint density at radius 1 is 1.15 bits per heavy atom. The molecule has 1 aromatic carbocycles. The normalized spacial score (nSPS) is 26.9. The van der Waals surface area contributed by atoms with Gasteiger partial charge in [-0.25, -0.2) is 0 Å². The summed E-state index contributed by atoms with van der Waals surface area (Å²) in [5, 5.41) is 20.3. The molecule has 0 spiro atoms. The summed E-state index contributed by atoms with van der Waals surface area (Å²) in [6, 6.07) is 7.93. The van der Waals surface area contributed by atoms with E-state index >= 15 is 0 Å². The predicted octanol–water partition coefficient (Wildman–Crippen LogP) is 1.77. The Balaban J connectivity index is 1.70. The summed E-state index contributed by atoms with van der Waals surface area (Å²) in [6.45, 7) is 3.89. The molecule has 0 unspecified atom stereocenters. The highest BCUT2D eigenvalue weighted by Crippen LogP contribution is 2.46. The van der Waals surface area contributed by atoms with Crippen molar-refractivity contribution in [3.05, 3.63) is 29.8 Å². The highest BCUT2D eigenvalue weighted by atomic mass is 16.5. The van der Waals surface area contributed by atoms with E-state index in [9.17, 15) is 15.0 Å². The first-order valence-corrected chi connectivity index (χ1v) is 9.93. The van der Waals surface area contributed by atoms with Gasteiger partial charge in [0.05, 0.1) is 19.3 Å². The third kappa shape index (κ3) is 5.43. The summed E-state index contributed by atoms with van der Waals surface area (Å²) in [4.78, 5) is 14.6. The summed E-state index contributed by atoms with van der Waals surface area (Å²) in [7, 11) is 0. The van der Waals surface area contributed by atoms with Crippen LogP contribution in [-0.2, 0) is 16.0 Å². The number of aryl methyl sites for hydroxylation is 1. The van der Waals surface area contributed by atoms with Gasteiger partial charge in [0.25, 0.3) is 0 Å². The molecule has 6 nitrogen and oxygen atoms in total. The molecule has 0 radical (unpaired) electrons. The Morgan fingerprint density at radius 2 is 1.93 bits per heavy atom. The van der Waals surface area contributed by atoms with Crippen LogP contribution in [0.4, 0.5) is 0 Å². The molecule has 1 aromatic rings. The number of carbonyl (C=O) groups is 1. The average Bonchev–Trinajstić information content (AvgIpc) is 3.42. The SMILES string of the molecule is CC1(C(=O)N2CCOc3ccccc3CCCOC[C@@H](O)[C@@H](O)CC2)CC1. The molecule has 2 atom stereocenters. The molecule has 150 valence electrons. The highest BCUT2D eigenvalue weighted by Gasteiger charge is 2.47. The Bertz CT molecular complexity index is 631. The van der Waals surface area contributed by atoms with E-state index in [-0.39, 0.29) is 17.9 Å². The Labute approximate surface area is 161 Å². The summed E-state index contributed by atoms with van der Waals surface area (Å²) >= 11 is 0. The fraction of sp³-hybridized carbons (Fsp3) is 0.667. The van der Waals surface area contributed by atoms with Gasteiger partial charge in [0.1, 0.15) is 18.5 Å². The van der Waals surface area contributed by atoms with E-state index in [4.69, 9.17) is 9.47 Å². The predicted molar refractivity (Wildman–Crippen MR) is 102 cm³/mol. The summed E-state index contributed by atoms with van der Waals surface area (Å²) in [6.07, 6.45) is 1.92. The zero-order valence-electron chi connectivity index (χ0n) is 16.1. The topological polar surface area (TPSA) is 79.2 Å². The molecule has 0 saturated heterocycles. The second-order valence-electron chi connectivity index (χ2n) is 7.91. The van der Waals surface area contributed by atoms with Crippen molar-refractivity contribution in [2.75, 3.05) is 32.9 Å². The van der Waals surface area contributed by atoms with Gasteiger partial charge < -0.3 is 24.6 Å². The molecule has 3 rings (SSSR count). The van der Waals surface area contributed by atoms with Gasteiger partial charge in [-0.15, -0.1) is 0 Å². The highest BCUT2D eigenvalue weighted by molar-refractivity contribution is 5.84. The second-order valence-corrected chi connectivity index (χ2v) is 7.91. The maximum Gasteiger partial charge on any atom is 0.228 e. The first-order chi connectivity index (χ1) is 13.0. The zero-order valence-corrected chi connectivity index (χ0v) is 16.1. The molecule has 1 fully saturated rings. The lowest BCUT2D eigenvalue weighted by Gasteiger charge is -2.28. The van der Waals surface area contributed by atoms with Crippen molar-refractivity contribution in [3.63, 3.8) is 0 Å². The van der Waals surface area contributed by atoms with E-state index in [1.54, 1.807) is 4.90 Å². The lowest BCUT2D eigenvalue weighted by Crippen LogP contribution is -2.42. The van der Waals surface area contributed by atoms with Crippen LogP contribution in [-0.4, -0.2) is 66.1 Å². The number of amides is 1. The van der Waals surface area contributed by atoms with Crippen molar-refractivity contribution in [1.29, 1.82) is 0 Å². The number of carbonyl (C=O) groups excluding carboxylic acids is 1. The average molecular weight is 377 g/mol. The molecule has 1 amide bonds. The van der Waals surface area contributed by atoms with Crippen LogP contribution in [0.5, 0.6) is 5.75 Å². The van der Waals surface area contributed by atoms with Crippen LogP contribution < -0.4 is 4.74 Å². The van der Waals surface area contributed by atoms with Gasteiger partial charge in [-0.1, -0.05) is 25.1 Å². The van der Waals surface area contributed by atoms with Gasteiger partial charge in [0.15, 0.2) is 0 Å². The minimum atomic E-state index is -0.938. The number of benzene rings is 1. The molecule has 1 aliphatic heterocycles. The van der Waals surface area contributed by atoms with Gasteiger partial charge in [-0.05, 0) is 43.7 Å². The number of aliphatic hydroxyl groups excluding tert-OH is 2. The van der Waals surface area contributed by atoms with Gasteiger partial charge in [0.2, 0.25) is 5.91 Å². The van der Waals surface area contributed by atoms with Gasteiger partial charge in [-0.3, -0.25) is 4.79 Å². The molecule has 1 heterocycles. The number of para-hydroxylation sites is 1. The van der Waals surface area contributed by atoms with E-state index in [0.29, 0.717) is 32.7 Å². The van der Waals surface area contributed by atoms with Crippen LogP contribution in [0.2, 0.25) is 0 Å². The minimum absolute atomic E-state index is 0.102. The van der Waals surface area contributed by atoms with Crippen LogP contribution in [0.1, 0.15) is 38.2 Å². The van der Waals surface area contributed by atoms with E-state index < -0.39 is 12.2 Å². The number of rotatable bonds is 1. The quantitative estimate of drug-likeness (QED) is 0.780. The fourth-order valence-corrected chi connectivity index (χ4v) is 3.38. The van der Waals surface area contributed by atoms with E-state index in [2.05, 4.69) is 0 Å². The van der Waals surface area contributed by atoms with E-state index in [1.165, 1.54) is 0 Å². The number of aliphatic hydroxyl groups is 2. The van der Waals surface area contributed by atoms with Gasteiger partial charge in [0, 0.05) is 18.6 Å². The van der Waals surface area contributed by atoms with Crippen molar-refractivity contribution in [1.82, 2.24) is 4.90 Å². The lowest BCUT2D eigenvalue weighted by atomic mass is 10.1. The van der Waals surface area contributed by atoms with Crippen LogP contribution in [0.15, 0.2) is 24.3 Å². The molecule has 27 heavy (non-hydrogen) atoms. The molecular formula is C21H31NO5. The zero-order chi connectivity index (χ0) is 19.3. The smallest absolute Gasteiger partial charge is 0.228 e. The molecule has 0 bridgehead atoms. The van der Waals surface area contributed by atoms with E-state index in [1.807, 2.05) is 31.2 Å². The van der Waals surface area contributed by atoms with Crippen molar-refractivity contribution in [2.45, 2.75) is 51.2 Å². The molecule has 1 saturated carbocycles. The third-order valence-electron chi connectivity index (χ3n) is 5.56. The van der Waals surface area contributed by atoms with Crippen LogP contribution in [0.3, 0.4) is 0 Å². The summed E-state index contributed by atoms with van der Waals surface area (Å²) in [5.41, 5.74) is 0.844. The third-order valence-corrected chi connectivity index (χ3v) is 5.56. The lowest BCUT2D eigenvalue weighted by molar-refractivity contribution is -0.137. The number of fused-ring (bicyclic) bond motifs is 1.